The summed E-state index contributed by atoms with van der Waals surface area (Å²) in [5.41, 5.74) is 2.14. The van der Waals surface area contributed by atoms with Crippen LogP contribution in [0.2, 0.25) is 0 Å². The molecule has 1 saturated carbocycles. The van der Waals surface area contributed by atoms with Crippen molar-refractivity contribution in [2.75, 3.05) is 5.75 Å². The smallest absolute Gasteiger partial charge is 0.266 e. The fourth-order valence-corrected chi connectivity index (χ4v) is 5.82. The number of carbonyl (C=O) groups excluding carboxylic acids is 1. The highest BCUT2D eigenvalue weighted by atomic mass is 32.2. The zero-order chi connectivity index (χ0) is 22.4. The molecule has 2 aromatic carbocycles. The monoisotopic (exact) mass is 454 g/mol. The molecule has 3 aromatic rings. The fourth-order valence-electron chi connectivity index (χ4n) is 4.40. The van der Waals surface area contributed by atoms with Crippen molar-refractivity contribution in [3.63, 3.8) is 0 Å². The maximum Gasteiger partial charge on any atom is 0.266 e. The highest BCUT2D eigenvalue weighted by molar-refractivity contribution is 7.89. The van der Waals surface area contributed by atoms with Crippen molar-refractivity contribution in [3.05, 3.63) is 66.1 Å². The van der Waals surface area contributed by atoms with Crippen molar-refractivity contribution in [1.29, 1.82) is 0 Å². The summed E-state index contributed by atoms with van der Waals surface area (Å²) in [7, 11) is -3.61. The van der Waals surface area contributed by atoms with E-state index in [1.165, 1.54) is 19.3 Å². The van der Waals surface area contributed by atoms with Crippen LogP contribution in [0.15, 0.2) is 59.0 Å². The second-order valence-electron chi connectivity index (χ2n) is 8.66. The van der Waals surface area contributed by atoms with Crippen LogP contribution >= 0.6 is 0 Å². The molecule has 4 rings (SSSR count). The Bertz CT molecular complexity index is 1100. The third kappa shape index (κ3) is 6.04. The lowest BCUT2D eigenvalue weighted by molar-refractivity contribution is 0.0917. The van der Waals surface area contributed by atoms with Crippen molar-refractivity contribution >= 4 is 26.9 Å². The van der Waals surface area contributed by atoms with E-state index in [1.54, 1.807) is 12.1 Å². The summed E-state index contributed by atoms with van der Waals surface area (Å²) in [4.78, 5) is 17.5. The molecule has 1 aliphatic rings. The SMILES string of the molecule is O=C(c1nc2ccccc2o1)[C@H](CCc1ccccc1)NS(=O)(=O)CCC1CCCCC1. The number of rotatable bonds is 10. The summed E-state index contributed by atoms with van der Waals surface area (Å²) in [6, 6.07) is 16.0. The van der Waals surface area contributed by atoms with Crippen LogP contribution < -0.4 is 4.72 Å². The van der Waals surface area contributed by atoms with Crippen LogP contribution in [0.1, 0.15) is 61.2 Å². The van der Waals surface area contributed by atoms with E-state index in [0.717, 1.165) is 18.4 Å². The lowest BCUT2D eigenvalue weighted by Gasteiger charge is -2.22. The quantitative estimate of drug-likeness (QED) is 0.440. The van der Waals surface area contributed by atoms with Gasteiger partial charge >= 0.3 is 0 Å². The average Bonchev–Trinajstić information content (AvgIpc) is 3.26. The third-order valence-electron chi connectivity index (χ3n) is 6.23. The van der Waals surface area contributed by atoms with Crippen LogP contribution in [0.4, 0.5) is 0 Å². The molecular weight excluding hydrogens is 424 g/mol. The van der Waals surface area contributed by atoms with Gasteiger partial charge in [0.1, 0.15) is 5.52 Å². The van der Waals surface area contributed by atoms with Gasteiger partial charge in [0.25, 0.3) is 5.89 Å². The summed E-state index contributed by atoms with van der Waals surface area (Å²) < 4.78 is 34.1. The first-order chi connectivity index (χ1) is 15.5. The summed E-state index contributed by atoms with van der Waals surface area (Å²) in [6.07, 6.45) is 7.32. The van der Waals surface area contributed by atoms with Gasteiger partial charge in [-0.25, -0.2) is 18.1 Å². The van der Waals surface area contributed by atoms with Gasteiger partial charge in [0.15, 0.2) is 5.58 Å². The highest BCUT2D eigenvalue weighted by Crippen LogP contribution is 2.26. The number of para-hydroxylation sites is 2. The van der Waals surface area contributed by atoms with Crippen LogP contribution in [-0.2, 0) is 16.4 Å². The van der Waals surface area contributed by atoms with Gasteiger partial charge in [-0.3, -0.25) is 4.79 Å². The Morgan fingerprint density at radius 3 is 2.50 bits per heavy atom. The molecule has 170 valence electrons. The van der Waals surface area contributed by atoms with E-state index in [1.807, 2.05) is 42.5 Å². The van der Waals surface area contributed by atoms with Gasteiger partial charge in [-0.15, -0.1) is 0 Å². The predicted molar refractivity (Wildman–Crippen MR) is 125 cm³/mol. The van der Waals surface area contributed by atoms with E-state index in [2.05, 4.69) is 9.71 Å². The number of sulfonamides is 1. The maximum absolute atomic E-state index is 13.2. The zero-order valence-corrected chi connectivity index (χ0v) is 19.0. The van der Waals surface area contributed by atoms with Crippen molar-refractivity contribution in [1.82, 2.24) is 9.71 Å². The van der Waals surface area contributed by atoms with Crippen molar-refractivity contribution in [2.24, 2.45) is 5.92 Å². The number of nitrogens with zero attached hydrogens (tertiary/aromatic N) is 1. The highest BCUT2D eigenvalue weighted by Gasteiger charge is 2.29. The zero-order valence-electron chi connectivity index (χ0n) is 18.2. The molecule has 1 fully saturated rings. The molecule has 0 spiro atoms. The maximum atomic E-state index is 13.2. The van der Waals surface area contributed by atoms with Gasteiger partial charge in [-0.2, -0.15) is 0 Å². The van der Waals surface area contributed by atoms with Crippen molar-refractivity contribution < 1.29 is 17.6 Å². The Morgan fingerprint density at radius 2 is 1.75 bits per heavy atom. The van der Waals surface area contributed by atoms with Crippen LogP contribution in [0, 0.1) is 5.92 Å². The molecule has 0 unspecified atom stereocenters. The molecule has 6 nitrogen and oxygen atoms in total. The molecular formula is C25H30N2O4S. The molecule has 1 heterocycles. The molecule has 1 aromatic heterocycles. The molecule has 1 N–H and O–H groups in total. The number of benzene rings is 2. The molecule has 0 bridgehead atoms. The number of Topliss-reactive ketones (excluding diaryl/α,β-unsaturated/α-hetero) is 1. The molecule has 1 atom stereocenters. The number of nitrogens with one attached hydrogen (secondary N) is 1. The van der Waals surface area contributed by atoms with Crippen LogP contribution in [0.25, 0.3) is 11.1 Å². The Hall–Kier alpha value is -2.51. The van der Waals surface area contributed by atoms with E-state index in [9.17, 15) is 13.2 Å². The van der Waals surface area contributed by atoms with E-state index in [-0.39, 0.29) is 11.6 Å². The van der Waals surface area contributed by atoms with Gasteiger partial charge in [0, 0.05) is 0 Å². The Morgan fingerprint density at radius 1 is 1.03 bits per heavy atom. The number of aryl methyl sites for hydroxylation is 1. The second kappa shape index (κ2) is 10.4. The van der Waals surface area contributed by atoms with E-state index in [0.29, 0.717) is 36.3 Å². The number of aromatic nitrogens is 1. The topological polar surface area (TPSA) is 89.3 Å². The largest absolute Gasteiger partial charge is 0.434 e. The van der Waals surface area contributed by atoms with Crippen LogP contribution in [-0.4, -0.2) is 31.0 Å². The number of fused-ring (bicyclic) bond motifs is 1. The molecule has 0 amide bonds. The lowest BCUT2D eigenvalue weighted by atomic mass is 9.88. The molecule has 0 aliphatic heterocycles. The Balaban J connectivity index is 1.48. The van der Waals surface area contributed by atoms with E-state index in [4.69, 9.17) is 4.42 Å². The lowest BCUT2D eigenvalue weighted by Crippen LogP contribution is -2.42. The Kier molecular flexibility index (Phi) is 7.37. The first-order valence-electron chi connectivity index (χ1n) is 11.4. The van der Waals surface area contributed by atoms with Crippen LogP contribution in [0.5, 0.6) is 0 Å². The van der Waals surface area contributed by atoms with Gasteiger partial charge in [-0.05, 0) is 42.9 Å². The van der Waals surface area contributed by atoms with Gasteiger partial charge in [0.05, 0.1) is 11.8 Å². The molecule has 32 heavy (non-hydrogen) atoms. The van der Waals surface area contributed by atoms with E-state index < -0.39 is 21.8 Å². The number of hydrogen-bond acceptors (Lipinski definition) is 5. The standard InChI is InChI=1S/C25H30N2O4S/c28-24(25-26-21-13-7-8-14-23(21)31-25)22(16-15-19-9-3-1-4-10-19)27-32(29,30)18-17-20-11-5-2-6-12-20/h1,3-4,7-10,13-14,20,22,27H,2,5-6,11-12,15-18H2/t22-/m0/s1. The second-order valence-corrected chi connectivity index (χ2v) is 10.5. The first kappa shape index (κ1) is 22.7. The minimum absolute atomic E-state index is 0.0420. The minimum atomic E-state index is -3.61. The van der Waals surface area contributed by atoms with Gasteiger partial charge < -0.3 is 4.42 Å². The number of ketones is 1. The fraction of sp³-hybridized carbons (Fsp3) is 0.440. The van der Waals surface area contributed by atoms with Gasteiger partial charge in [-0.1, -0.05) is 74.6 Å². The number of oxazole rings is 1. The van der Waals surface area contributed by atoms with Gasteiger partial charge in [0.2, 0.25) is 15.8 Å². The summed E-state index contributed by atoms with van der Waals surface area (Å²) >= 11 is 0. The summed E-state index contributed by atoms with van der Waals surface area (Å²) in [5, 5.41) is 0. The predicted octanol–water partition coefficient (Wildman–Crippen LogP) is 4.90. The number of hydrogen-bond donors (Lipinski definition) is 1. The first-order valence-corrected chi connectivity index (χ1v) is 13.1. The summed E-state index contributed by atoms with van der Waals surface area (Å²) in [6.45, 7) is 0. The normalized spacial score (nSPS) is 16.2. The van der Waals surface area contributed by atoms with Crippen molar-refractivity contribution in [3.8, 4) is 0 Å². The molecule has 1 aliphatic carbocycles. The average molecular weight is 455 g/mol. The minimum Gasteiger partial charge on any atom is -0.434 e. The molecule has 0 saturated heterocycles. The molecule has 7 heteroatoms. The van der Waals surface area contributed by atoms with Crippen LogP contribution in [0.3, 0.4) is 0 Å². The Labute approximate surface area is 189 Å². The molecule has 0 radical (unpaired) electrons. The number of carbonyl (C=O) groups is 1. The third-order valence-corrected chi connectivity index (χ3v) is 7.64. The van der Waals surface area contributed by atoms with Crippen molar-refractivity contribution in [2.45, 2.75) is 57.4 Å². The summed E-state index contributed by atoms with van der Waals surface area (Å²) in [5.74, 6) is 0.00816. The van der Waals surface area contributed by atoms with E-state index >= 15 is 0 Å².